The lowest BCUT2D eigenvalue weighted by Gasteiger charge is -2.15. The normalized spacial score (nSPS) is 10.8. The van der Waals surface area contributed by atoms with Gasteiger partial charge in [-0.1, -0.05) is 27.7 Å². The summed E-state index contributed by atoms with van der Waals surface area (Å²) >= 11 is 0. The van der Waals surface area contributed by atoms with Gasteiger partial charge in [-0.2, -0.15) is 0 Å². The molecular weight excluding hydrogens is 402 g/mol. The lowest BCUT2D eigenvalue weighted by molar-refractivity contribution is -0.385. The van der Waals surface area contributed by atoms with Crippen LogP contribution in [-0.2, 0) is 0 Å². The third kappa shape index (κ3) is 6.70. The van der Waals surface area contributed by atoms with E-state index in [2.05, 4.69) is 5.32 Å². The molecule has 0 saturated heterocycles. The molecule has 2 aromatic rings. The number of carbonyl (C=O) groups excluding carboxylic acids is 2. The number of anilines is 1. The molecule has 2 aromatic carbocycles. The molecule has 0 spiro atoms. The van der Waals surface area contributed by atoms with Crippen molar-refractivity contribution in [1.29, 1.82) is 0 Å². The van der Waals surface area contributed by atoms with Crippen molar-refractivity contribution in [3.8, 4) is 11.5 Å². The standard InChI is InChI=1S/C22H27N3O6/c1-13(2)11-30-19-9-15(21(23)26)5-7-17(19)24-22(27)16-6-8-18(25(28)29)20(10-16)31-12-14(3)4/h5-10,13-14H,11-12H2,1-4H3,(H2,23,26)(H,24,27). The topological polar surface area (TPSA) is 134 Å². The van der Waals surface area contributed by atoms with Crippen molar-refractivity contribution in [1.82, 2.24) is 0 Å². The van der Waals surface area contributed by atoms with Crippen molar-refractivity contribution < 1.29 is 24.0 Å². The number of nitrogens with zero attached hydrogens (tertiary/aromatic N) is 1. The van der Waals surface area contributed by atoms with Crippen molar-refractivity contribution in [2.75, 3.05) is 18.5 Å². The van der Waals surface area contributed by atoms with E-state index in [9.17, 15) is 19.7 Å². The molecule has 0 fully saturated rings. The van der Waals surface area contributed by atoms with Gasteiger partial charge in [0.25, 0.3) is 5.91 Å². The fourth-order valence-electron chi connectivity index (χ4n) is 2.53. The van der Waals surface area contributed by atoms with E-state index < -0.39 is 16.7 Å². The second-order valence-electron chi connectivity index (χ2n) is 7.88. The molecule has 2 rings (SSSR count). The van der Waals surface area contributed by atoms with Crippen LogP contribution in [-0.4, -0.2) is 30.0 Å². The molecular formula is C22H27N3O6. The number of primary amides is 1. The van der Waals surface area contributed by atoms with Gasteiger partial charge in [0.15, 0.2) is 5.75 Å². The first kappa shape index (κ1) is 23.7. The van der Waals surface area contributed by atoms with Crippen LogP contribution in [0.5, 0.6) is 11.5 Å². The van der Waals surface area contributed by atoms with Crippen LogP contribution in [0, 0.1) is 22.0 Å². The summed E-state index contributed by atoms with van der Waals surface area (Å²) in [6.07, 6.45) is 0. The predicted octanol–water partition coefficient (Wildman–Crippen LogP) is 4.02. The third-order valence-corrected chi connectivity index (χ3v) is 4.08. The van der Waals surface area contributed by atoms with Gasteiger partial charge in [-0.05, 0) is 36.1 Å². The summed E-state index contributed by atoms with van der Waals surface area (Å²) in [6, 6.07) is 8.39. The smallest absolute Gasteiger partial charge is 0.310 e. The third-order valence-electron chi connectivity index (χ3n) is 4.08. The summed E-state index contributed by atoms with van der Waals surface area (Å²) < 4.78 is 11.3. The van der Waals surface area contributed by atoms with Crippen molar-refractivity contribution >= 4 is 23.2 Å². The first-order chi connectivity index (χ1) is 14.6. The highest BCUT2D eigenvalue weighted by Crippen LogP contribution is 2.30. The van der Waals surface area contributed by atoms with Crippen LogP contribution in [0.2, 0.25) is 0 Å². The Balaban J connectivity index is 2.32. The maximum atomic E-state index is 12.8. The summed E-state index contributed by atoms with van der Waals surface area (Å²) in [5.74, 6) is -0.430. The van der Waals surface area contributed by atoms with E-state index in [0.717, 1.165) is 0 Å². The monoisotopic (exact) mass is 429 g/mol. The number of nitro benzene ring substituents is 1. The van der Waals surface area contributed by atoms with Crippen LogP contribution in [0.4, 0.5) is 11.4 Å². The molecule has 31 heavy (non-hydrogen) atoms. The Kier molecular flexibility index (Phi) is 7.95. The molecule has 0 atom stereocenters. The van der Waals surface area contributed by atoms with Gasteiger partial charge in [0.2, 0.25) is 5.91 Å². The van der Waals surface area contributed by atoms with Crippen LogP contribution >= 0.6 is 0 Å². The minimum absolute atomic E-state index is 0.0201. The molecule has 0 unspecified atom stereocenters. The molecule has 9 heteroatoms. The van der Waals surface area contributed by atoms with E-state index in [1.165, 1.54) is 36.4 Å². The summed E-state index contributed by atoms with van der Waals surface area (Å²) in [4.78, 5) is 35.0. The first-order valence-corrected chi connectivity index (χ1v) is 9.87. The summed E-state index contributed by atoms with van der Waals surface area (Å²) in [6.45, 7) is 8.40. The molecule has 0 aliphatic heterocycles. The zero-order chi connectivity index (χ0) is 23.1. The Morgan fingerprint density at radius 2 is 1.52 bits per heavy atom. The van der Waals surface area contributed by atoms with E-state index in [1.807, 2.05) is 27.7 Å². The molecule has 0 saturated carbocycles. The van der Waals surface area contributed by atoms with Crippen LogP contribution in [0.15, 0.2) is 36.4 Å². The fraction of sp³-hybridized carbons (Fsp3) is 0.364. The molecule has 0 aliphatic carbocycles. The molecule has 3 N–H and O–H groups in total. The van der Waals surface area contributed by atoms with Gasteiger partial charge in [0.05, 0.1) is 23.8 Å². The Morgan fingerprint density at radius 3 is 2.06 bits per heavy atom. The minimum atomic E-state index is -0.616. The van der Waals surface area contributed by atoms with E-state index in [4.69, 9.17) is 15.2 Å². The summed E-state index contributed by atoms with van der Waals surface area (Å²) in [7, 11) is 0. The number of rotatable bonds is 10. The van der Waals surface area contributed by atoms with Crippen molar-refractivity contribution in [2.45, 2.75) is 27.7 Å². The molecule has 0 heterocycles. The molecule has 0 radical (unpaired) electrons. The largest absolute Gasteiger partial charge is 0.491 e. The van der Waals surface area contributed by atoms with Crippen LogP contribution in [0.1, 0.15) is 48.4 Å². The Labute approximate surface area is 180 Å². The molecule has 166 valence electrons. The SMILES string of the molecule is CC(C)COc1cc(C(N)=O)ccc1NC(=O)c1ccc([N+](=O)[O-])c(OCC(C)C)c1. The van der Waals surface area contributed by atoms with E-state index in [0.29, 0.717) is 18.0 Å². The second-order valence-corrected chi connectivity index (χ2v) is 7.88. The average molecular weight is 429 g/mol. The zero-order valence-corrected chi connectivity index (χ0v) is 18.0. The highest BCUT2D eigenvalue weighted by atomic mass is 16.6. The van der Waals surface area contributed by atoms with Crippen molar-refractivity contribution in [2.24, 2.45) is 17.6 Å². The van der Waals surface area contributed by atoms with Gasteiger partial charge in [-0.3, -0.25) is 19.7 Å². The number of nitro groups is 1. The van der Waals surface area contributed by atoms with Gasteiger partial charge in [0, 0.05) is 23.3 Å². The number of nitrogens with one attached hydrogen (secondary N) is 1. The van der Waals surface area contributed by atoms with E-state index in [1.54, 1.807) is 0 Å². The maximum absolute atomic E-state index is 12.8. The van der Waals surface area contributed by atoms with E-state index >= 15 is 0 Å². The van der Waals surface area contributed by atoms with Crippen LogP contribution in [0.3, 0.4) is 0 Å². The zero-order valence-electron chi connectivity index (χ0n) is 18.0. The summed E-state index contributed by atoms with van der Waals surface area (Å²) in [5.41, 5.74) is 5.89. The lowest BCUT2D eigenvalue weighted by atomic mass is 10.1. The Morgan fingerprint density at radius 1 is 0.968 bits per heavy atom. The van der Waals surface area contributed by atoms with Gasteiger partial charge < -0.3 is 20.5 Å². The van der Waals surface area contributed by atoms with E-state index in [-0.39, 0.29) is 41.0 Å². The number of ether oxygens (including phenoxy) is 2. The summed E-state index contributed by atoms with van der Waals surface area (Å²) in [5, 5.41) is 14.0. The Bertz CT molecular complexity index is 972. The molecule has 0 aliphatic rings. The van der Waals surface area contributed by atoms with Gasteiger partial charge >= 0.3 is 5.69 Å². The maximum Gasteiger partial charge on any atom is 0.310 e. The Hall–Kier alpha value is -3.62. The number of hydrogen-bond donors (Lipinski definition) is 2. The number of carbonyl (C=O) groups is 2. The van der Waals surface area contributed by atoms with Crippen molar-refractivity contribution in [3.05, 3.63) is 57.6 Å². The quantitative estimate of drug-likeness (QED) is 0.433. The molecule has 0 bridgehead atoms. The van der Waals surface area contributed by atoms with Crippen molar-refractivity contribution in [3.63, 3.8) is 0 Å². The fourth-order valence-corrected chi connectivity index (χ4v) is 2.53. The second kappa shape index (κ2) is 10.4. The highest BCUT2D eigenvalue weighted by molar-refractivity contribution is 6.06. The number of nitrogens with two attached hydrogens (primary N) is 1. The van der Waals surface area contributed by atoms with Crippen LogP contribution < -0.4 is 20.5 Å². The lowest BCUT2D eigenvalue weighted by Crippen LogP contribution is -2.16. The highest BCUT2D eigenvalue weighted by Gasteiger charge is 2.20. The van der Waals surface area contributed by atoms with Gasteiger partial charge in [-0.15, -0.1) is 0 Å². The molecule has 2 amide bonds. The molecule has 0 aromatic heterocycles. The van der Waals surface area contributed by atoms with Crippen LogP contribution in [0.25, 0.3) is 0 Å². The minimum Gasteiger partial charge on any atom is -0.491 e. The van der Waals surface area contributed by atoms with Gasteiger partial charge in [-0.25, -0.2) is 0 Å². The number of benzene rings is 2. The number of amides is 2. The number of hydrogen-bond acceptors (Lipinski definition) is 6. The molecule has 9 nitrogen and oxygen atoms in total. The first-order valence-electron chi connectivity index (χ1n) is 9.87. The van der Waals surface area contributed by atoms with Gasteiger partial charge in [0.1, 0.15) is 5.75 Å². The predicted molar refractivity (Wildman–Crippen MR) is 117 cm³/mol. The average Bonchev–Trinajstić information content (AvgIpc) is 2.70.